The Balaban J connectivity index is 2.01. The number of hydrogen-bond donors (Lipinski definition) is 1. The van der Waals surface area contributed by atoms with Crippen molar-refractivity contribution in [3.05, 3.63) is 48.0 Å². The molecule has 3 rings (SSSR count). The first kappa shape index (κ1) is 24.4. The second-order valence-electron chi connectivity index (χ2n) is 7.20. The van der Waals surface area contributed by atoms with Crippen LogP contribution in [0.25, 0.3) is 0 Å². The van der Waals surface area contributed by atoms with Crippen LogP contribution in [0.15, 0.2) is 52.7 Å². The lowest BCUT2D eigenvalue weighted by Crippen LogP contribution is -2.58. The van der Waals surface area contributed by atoms with E-state index in [1.807, 2.05) is 0 Å². The molecular formula is C23H25N5O6. The van der Waals surface area contributed by atoms with Crippen LogP contribution in [0, 0.1) is 0 Å². The average Bonchev–Trinajstić information content (AvgIpc) is 2.84. The number of rotatable bonds is 8. The SMILES string of the molecule is CCOc1cc(N=NC2C(=O)N(C)C(=O)N(C)C2=O)c(OCC)c(NC(=O)c2ccccc2)c1. The molecule has 0 saturated carbocycles. The lowest BCUT2D eigenvalue weighted by Gasteiger charge is -2.30. The molecule has 2 aromatic rings. The maximum Gasteiger partial charge on any atom is 0.333 e. The molecule has 0 atom stereocenters. The Bertz CT molecular complexity index is 1110. The van der Waals surface area contributed by atoms with Crippen LogP contribution in [0.2, 0.25) is 0 Å². The zero-order valence-electron chi connectivity index (χ0n) is 19.3. The normalized spacial score (nSPS) is 14.6. The van der Waals surface area contributed by atoms with Gasteiger partial charge >= 0.3 is 6.03 Å². The van der Waals surface area contributed by atoms with E-state index in [0.29, 0.717) is 17.9 Å². The van der Waals surface area contributed by atoms with Gasteiger partial charge in [-0.15, -0.1) is 0 Å². The molecule has 1 aliphatic rings. The number of carbonyl (C=O) groups excluding carboxylic acids is 4. The Hall–Kier alpha value is -4.28. The first-order valence-corrected chi connectivity index (χ1v) is 10.6. The predicted octanol–water partition coefficient (Wildman–Crippen LogP) is 3.24. The van der Waals surface area contributed by atoms with Gasteiger partial charge in [0.2, 0.25) is 6.04 Å². The van der Waals surface area contributed by atoms with Crippen LogP contribution in [-0.4, -0.2) is 66.9 Å². The van der Waals surface area contributed by atoms with Crippen molar-refractivity contribution in [2.45, 2.75) is 19.9 Å². The predicted molar refractivity (Wildman–Crippen MR) is 122 cm³/mol. The Labute approximate surface area is 196 Å². The largest absolute Gasteiger partial charge is 0.494 e. The summed E-state index contributed by atoms with van der Waals surface area (Å²) in [6.07, 6.45) is 0. The third-order valence-corrected chi connectivity index (χ3v) is 4.91. The number of imide groups is 2. The van der Waals surface area contributed by atoms with Crippen molar-refractivity contribution in [3.8, 4) is 11.5 Å². The van der Waals surface area contributed by atoms with E-state index in [9.17, 15) is 19.2 Å². The number of hydrogen-bond acceptors (Lipinski definition) is 8. The summed E-state index contributed by atoms with van der Waals surface area (Å²) in [7, 11) is 2.52. The quantitative estimate of drug-likeness (QED) is 0.469. The monoisotopic (exact) mass is 467 g/mol. The van der Waals surface area contributed by atoms with Crippen molar-refractivity contribution < 1.29 is 28.7 Å². The highest BCUT2D eigenvalue weighted by Gasteiger charge is 2.43. The number of ether oxygens (including phenoxy) is 2. The Kier molecular flexibility index (Phi) is 7.57. The fourth-order valence-corrected chi connectivity index (χ4v) is 3.19. The molecule has 5 amide bonds. The molecule has 1 aliphatic heterocycles. The number of azo groups is 1. The number of likely N-dealkylation sites (N-methyl/N-ethyl adjacent to an activating group) is 2. The molecular weight excluding hydrogens is 442 g/mol. The van der Waals surface area contributed by atoms with Gasteiger partial charge in [-0.1, -0.05) is 18.2 Å². The van der Waals surface area contributed by atoms with Gasteiger partial charge in [0.05, 0.1) is 18.9 Å². The molecule has 1 N–H and O–H groups in total. The number of carbonyl (C=O) groups is 4. The van der Waals surface area contributed by atoms with Crippen LogP contribution >= 0.6 is 0 Å². The van der Waals surface area contributed by atoms with Gasteiger partial charge in [0, 0.05) is 31.8 Å². The van der Waals surface area contributed by atoms with Crippen LogP contribution in [0.5, 0.6) is 11.5 Å². The maximum absolute atomic E-state index is 12.8. The average molecular weight is 467 g/mol. The van der Waals surface area contributed by atoms with E-state index in [2.05, 4.69) is 15.5 Å². The molecule has 0 aliphatic carbocycles. The molecule has 1 heterocycles. The summed E-state index contributed by atoms with van der Waals surface area (Å²) in [6.45, 7) is 4.13. The number of nitrogens with one attached hydrogen (secondary N) is 1. The molecule has 11 nitrogen and oxygen atoms in total. The highest BCUT2D eigenvalue weighted by molar-refractivity contribution is 6.18. The van der Waals surface area contributed by atoms with E-state index in [1.54, 1.807) is 50.2 Å². The molecule has 0 bridgehead atoms. The van der Waals surface area contributed by atoms with E-state index in [1.165, 1.54) is 20.2 Å². The van der Waals surface area contributed by atoms with Crippen molar-refractivity contribution in [1.82, 2.24) is 9.80 Å². The molecule has 1 saturated heterocycles. The van der Waals surface area contributed by atoms with Crippen molar-refractivity contribution in [3.63, 3.8) is 0 Å². The minimum Gasteiger partial charge on any atom is -0.494 e. The van der Waals surface area contributed by atoms with Gasteiger partial charge in [0.25, 0.3) is 17.7 Å². The summed E-state index contributed by atoms with van der Waals surface area (Å²) in [5.74, 6) is -1.42. The smallest absolute Gasteiger partial charge is 0.333 e. The third-order valence-electron chi connectivity index (χ3n) is 4.91. The van der Waals surface area contributed by atoms with E-state index in [-0.39, 0.29) is 29.6 Å². The molecule has 0 radical (unpaired) electrons. The number of anilines is 1. The van der Waals surface area contributed by atoms with E-state index in [4.69, 9.17) is 9.47 Å². The number of benzene rings is 2. The molecule has 0 aromatic heterocycles. The second-order valence-corrected chi connectivity index (χ2v) is 7.20. The number of barbiturate groups is 1. The van der Waals surface area contributed by atoms with Gasteiger partial charge in [-0.05, 0) is 26.0 Å². The Morgan fingerprint density at radius 2 is 1.59 bits per heavy atom. The van der Waals surface area contributed by atoms with Crippen LogP contribution < -0.4 is 14.8 Å². The lowest BCUT2D eigenvalue weighted by atomic mass is 10.2. The van der Waals surface area contributed by atoms with Gasteiger partial charge in [-0.25, -0.2) is 4.79 Å². The van der Waals surface area contributed by atoms with Gasteiger partial charge in [-0.2, -0.15) is 10.2 Å². The molecule has 178 valence electrons. The van der Waals surface area contributed by atoms with Crippen molar-refractivity contribution in [1.29, 1.82) is 0 Å². The van der Waals surface area contributed by atoms with E-state index in [0.717, 1.165) is 9.80 Å². The van der Waals surface area contributed by atoms with Gasteiger partial charge < -0.3 is 14.8 Å². The van der Waals surface area contributed by atoms with Gasteiger partial charge in [0.1, 0.15) is 11.4 Å². The van der Waals surface area contributed by atoms with Crippen molar-refractivity contribution in [2.24, 2.45) is 10.2 Å². The topological polar surface area (TPSA) is 130 Å². The fourth-order valence-electron chi connectivity index (χ4n) is 3.19. The van der Waals surface area contributed by atoms with Crippen LogP contribution in [0.3, 0.4) is 0 Å². The molecule has 2 aromatic carbocycles. The first-order valence-electron chi connectivity index (χ1n) is 10.6. The van der Waals surface area contributed by atoms with Crippen molar-refractivity contribution >= 4 is 35.1 Å². The highest BCUT2D eigenvalue weighted by atomic mass is 16.5. The summed E-state index contributed by atoms with van der Waals surface area (Å²) in [4.78, 5) is 51.2. The zero-order valence-corrected chi connectivity index (χ0v) is 19.3. The zero-order chi connectivity index (χ0) is 24.8. The summed E-state index contributed by atoms with van der Waals surface area (Å²) in [5.41, 5.74) is 0.851. The van der Waals surface area contributed by atoms with Gasteiger partial charge in [-0.3, -0.25) is 24.2 Å². The number of urea groups is 1. The summed E-state index contributed by atoms with van der Waals surface area (Å²) >= 11 is 0. The lowest BCUT2D eigenvalue weighted by molar-refractivity contribution is -0.143. The number of amides is 5. The molecule has 0 spiro atoms. The standard InChI is InChI=1S/C23H25N5O6/c1-5-33-15-12-16(24-20(29)14-10-8-7-9-11-14)19(34-6-2)17(13-15)25-26-18-21(30)27(3)23(32)28(4)22(18)31/h7-13,18H,5-6H2,1-4H3,(H,24,29). The van der Waals surface area contributed by atoms with Crippen molar-refractivity contribution in [2.75, 3.05) is 32.6 Å². The van der Waals surface area contributed by atoms with E-state index < -0.39 is 23.9 Å². The first-order chi connectivity index (χ1) is 16.3. The third kappa shape index (κ3) is 5.03. The summed E-state index contributed by atoms with van der Waals surface area (Å²) in [5, 5.41) is 10.8. The summed E-state index contributed by atoms with van der Waals surface area (Å²) < 4.78 is 11.3. The molecule has 0 unspecified atom stereocenters. The maximum atomic E-state index is 12.8. The fraction of sp³-hybridized carbons (Fsp3) is 0.304. The Morgan fingerprint density at radius 1 is 0.971 bits per heavy atom. The second kappa shape index (κ2) is 10.6. The highest BCUT2D eigenvalue weighted by Crippen LogP contribution is 2.40. The van der Waals surface area contributed by atoms with Crippen LogP contribution in [0.1, 0.15) is 24.2 Å². The minimum absolute atomic E-state index is 0.138. The molecule has 11 heteroatoms. The minimum atomic E-state index is -1.53. The van der Waals surface area contributed by atoms with Gasteiger partial charge in [0.15, 0.2) is 5.75 Å². The van der Waals surface area contributed by atoms with Crippen LogP contribution in [0.4, 0.5) is 16.2 Å². The Morgan fingerprint density at radius 3 is 2.18 bits per heavy atom. The molecule has 34 heavy (non-hydrogen) atoms. The summed E-state index contributed by atoms with van der Waals surface area (Å²) in [6, 6.07) is 9.44. The van der Waals surface area contributed by atoms with Crippen LogP contribution in [-0.2, 0) is 9.59 Å². The van der Waals surface area contributed by atoms with E-state index >= 15 is 0 Å². The molecule has 1 fully saturated rings. The number of nitrogens with zero attached hydrogens (tertiary/aromatic N) is 4.